The zero-order chi connectivity index (χ0) is 17.6. The number of rotatable bonds is 13. The third-order valence-corrected chi connectivity index (χ3v) is 4.20. The van der Waals surface area contributed by atoms with Crippen LogP contribution in [0.25, 0.3) is 0 Å². The Hall–Kier alpha value is -1.64. The Kier molecular flexibility index (Phi) is 10.8. The van der Waals surface area contributed by atoms with Crippen molar-refractivity contribution in [3.8, 4) is 5.88 Å². The van der Waals surface area contributed by atoms with E-state index in [1.807, 2.05) is 29.0 Å². The molecule has 0 saturated carbocycles. The van der Waals surface area contributed by atoms with E-state index in [2.05, 4.69) is 13.5 Å². The number of hydrogen-bond donors (Lipinski definition) is 0. The van der Waals surface area contributed by atoms with Crippen LogP contribution >= 0.6 is 0 Å². The Balaban J connectivity index is 2.19. The fourth-order valence-electron chi connectivity index (χ4n) is 2.69. The van der Waals surface area contributed by atoms with E-state index in [1.165, 1.54) is 57.8 Å². The second-order valence-electron chi connectivity index (χ2n) is 6.58. The van der Waals surface area contributed by atoms with Gasteiger partial charge in [-0.15, -0.1) is 0 Å². The zero-order valence-electron chi connectivity index (χ0n) is 15.6. The number of unbranched alkanes of at least 4 members (excludes halogenated alkanes) is 9. The Morgan fingerprint density at radius 3 is 2.17 bits per heavy atom. The summed E-state index contributed by atoms with van der Waals surface area (Å²) in [6.45, 7) is 8.43. The predicted molar refractivity (Wildman–Crippen MR) is 98.9 cm³/mol. The van der Waals surface area contributed by atoms with Gasteiger partial charge in [0.1, 0.15) is 0 Å². The van der Waals surface area contributed by atoms with E-state index in [0.717, 1.165) is 13.0 Å². The molecule has 3 nitrogen and oxygen atoms in total. The van der Waals surface area contributed by atoms with Crippen molar-refractivity contribution in [2.24, 2.45) is 0 Å². The third kappa shape index (κ3) is 8.85. The van der Waals surface area contributed by atoms with Crippen molar-refractivity contribution < 1.29 is 14.1 Å². The summed E-state index contributed by atoms with van der Waals surface area (Å²) >= 11 is 0. The average Bonchev–Trinajstić information content (AvgIpc) is 2.57. The van der Waals surface area contributed by atoms with Crippen molar-refractivity contribution in [1.29, 1.82) is 0 Å². The molecule has 3 heteroatoms. The minimum Gasteiger partial charge on any atom is -0.367 e. The lowest BCUT2D eigenvalue weighted by molar-refractivity contribution is -0.700. The maximum Gasteiger partial charge on any atom is 0.375 e. The minimum absolute atomic E-state index is 0.363. The summed E-state index contributed by atoms with van der Waals surface area (Å²) in [6.07, 6.45) is 15.2. The molecule has 24 heavy (non-hydrogen) atoms. The number of carbonyl (C=O) groups is 1. The summed E-state index contributed by atoms with van der Waals surface area (Å²) in [5, 5.41) is 0. The van der Waals surface area contributed by atoms with Crippen molar-refractivity contribution in [2.75, 3.05) is 0 Å². The highest BCUT2D eigenvalue weighted by molar-refractivity contribution is 5.88. The lowest BCUT2D eigenvalue weighted by atomic mass is 10.1. The van der Waals surface area contributed by atoms with Crippen LogP contribution in [-0.4, -0.2) is 5.97 Å². The molecule has 0 spiro atoms. The lowest BCUT2D eigenvalue weighted by Crippen LogP contribution is -2.36. The van der Waals surface area contributed by atoms with Crippen LogP contribution in [0.1, 0.15) is 78.1 Å². The molecule has 134 valence electrons. The molecular weight excluding hydrogens is 298 g/mol. The Bertz CT molecular complexity index is 496. The molecule has 0 aliphatic carbocycles. The molecule has 1 rings (SSSR count). The van der Waals surface area contributed by atoms with Gasteiger partial charge in [0.25, 0.3) is 0 Å². The van der Waals surface area contributed by atoms with Gasteiger partial charge < -0.3 is 4.74 Å². The SMILES string of the molecule is C=C(C)C(=O)Oc1cccc[n+]1CCCCCCCCCCCC. The van der Waals surface area contributed by atoms with Gasteiger partial charge in [-0.1, -0.05) is 64.9 Å². The second-order valence-corrected chi connectivity index (χ2v) is 6.58. The van der Waals surface area contributed by atoms with Gasteiger partial charge in [0.05, 0.1) is 6.07 Å². The van der Waals surface area contributed by atoms with Gasteiger partial charge in [-0.25, -0.2) is 4.79 Å². The van der Waals surface area contributed by atoms with Gasteiger partial charge in [-0.2, -0.15) is 4.57 Å². The number of nitrogens with zero attached hydrogens (tertiary/aromatic N) is 1. The number of pyridine rings is 1. The smallest absolute Gasteiger partial charge is 0.367 e. The van der Waals surface area contributed by atoms with E-state index in [-0.39, 0.29) is 5.97 Å². The molecule has 0 radical (unpaired) electrons. The summed E-state index contributed by atoms with van der Waals surface area (Å²) in [4.78, 5) is 11.7. The predicted octanol–water partition coefficient (Wildman–Crippen LogP) is 5.38. The summed E-state index contributed by atoms with van der Waals surface area (Å²) in [6, 6.07) is 5.68. The molecule has 0 aliphatic rings. The van der Waals surface area contributed by atoms with E-state index >= 15 is 0 Å². The number of aromatic nitrogens is 1. The van der Waals surface area contributed by atoms with Crippen molar-refractivity contribution in [1.82, 2.24) is 0 Å². The van der Waals surface area contributed by atoms with Crippen LogP contribution in [0, 0.1) is 0 Å². The van der Waals surface area contributed by atoms with Crippen LogP contribution in [0.4, 0.5) is 0 Å². The van der Waals surface area contributed by atoms with Gasteiger partial charge >= 0.3 is 11.8 Å². The molecule has 1 heterocycles. The molecule has 0 aromatic carbocycles. The summed E-state index contributed by atoms with van der Waals surface area (Å²) < 4.78 is 7.38. The number of ether oxygens (including phenoxy) is 1. The van der Waals surface area contributed by atoms with E-state index in [1.54, 1.807) is 6.92 Å². The lowest BCUT2D eigenvalue weighted by Gasteiger charge is -2.05. The van der Waals surface area contributed by atoms with Crippen LogP contribution in [0.5, 0.6) is 5.88 Å². The molecule has 0 aliphatic heterocycles. The summed E-state index contributed by atoms with van der Waals surface area (Å²) in [5.74, 6) is 0.236. The summed E-state index contributed by atoms with van der Waals surface area (Å²) in [5.41, 5.74) is 0.421. The standard InChI is InChI=1S/C21H34NO2/c1-4-5-6-7-8-9-10-11-12-14-17-22-18-15-13-16-20(22)24-21(23)19(2)3/h13,15-16,18H,2,4-12,14,17H2,1,3H3/q+1. The molecule has 0 fully saturated rings. The maximum absolute atomic E-state index is 11.7. The third-order valence-electron chi connectivity index (χ3n) is 4.20. The van der Waals surface area contributed by atoms with Crippen LogP contribution in [0.2, 0.25) is 0 Å². The Labute approximate surface area is 147 Å². The molecule has 0 amide bonds. The molecule has 1 aromatic heterocycles. The molecular formula is C21H34NO2+. The highest BCUT2D eigenvalue weighted by Gasteiger charge is 2.15. The van der Waals surface area contributed by atoms with Crippen LogP contribution < -0.4 is 9.30 Å². The first-order valence-corrected chi connectivity index (χ1v) is 9.51. The normalized spacial score (nSPS) is 10.6. The van der Waals surface area contributed by atoms with Gasteiger partial charge in [0, 0.05) is 18.1 Å². The van der Waals surface area contributed by atoms with E-state index < -0.39 is 0 Å². The zero-order valence-corrected chi connectivity index (χ0v) is 15.6. The van der Waals surface area contributed by atoms with Crippen LogP contribution in [0.3, 0.4) is 0 Å². The van der Waals surface area contributed by atoms with Gasteiger partial charge in [0.2, 0.25) is 0 Å². The first-order valence-electron chi connectivity index (χ1n) is 9.51. The average molecular weight is 333 g/mol. The molecule has 0 bridgehead atoms. The number of aryl methyl sites for hydroxylation is 1. The topological polar surface area (TPSA) is 30.2 Å². The first kappa shape index (κ1) is 20.4. The highest BCUT2D eigenvalue weighted by atomic mass is 16.5. The molecule has 0 N–H and O–H groups in total. The van der Waals surface area contributed by atoms with Crippen molar-refractivity contribution in [3.63, 3.8) is 0 Å². The molecule has 0 atom stereocenters. The molecule has 0 unspecified atom stereocenters. The van der Waals surface area contributed by atoms with Crippen molar-refractivity contribution in [3.05, 3.63) is 36.5 Å². The number of carbonyl (C=O) groups excluding carboxylic acids is 1. The summed E-state index contributed by atoms with van der Waals surface area (Å²) in [7, 11) is 0. The largest absolute Gasteiger partial charge is 0.375 e. The van der Waals surface area contributed by atoms with E-state index in [9.17, 15) is 4.79 Å². The first-order chi connectivity index (χ1) is 11.6. The van der Waals surface area contributed by atoms with Gasteiger partial charge in [-0.3, -0.25) is 0 Å². The highest BCUT2D eigenvalue weighted by Crippen LogP contribution is 2.11. The fraction of sp³-hybridized carbons (Fsp3) is 0.619. The minimum atomic E-state index is -0.363. The van der Waals surface area contributed by atoms with Crippen molar-refractivity contribution in [2.45, 2.75) is 84.6 Å². The van der Waals surface area contributed by atoms with E-state index in [4.69, 9.17) is 4.74 Å². The number of hydrogen-bond acceptors (Lipinski definition) is 2. The Morgan fingerprint density at radius 2 is 1.58 bits per heavy atom. The number of esters is 1. The van der Waals surface area contributed by atoms with Gasteiger partial charge in [0.15, 0.2) is 12.7 Å². The molecule has 1 aromatic rings. The molecule has 0 saturated heterocycles. The fourth-order valence-corrected chi connectivity index (χ4v) is 2.69. The van der Waals surface area contributed by atoms with E-state index in [0.29, 0.717) is 11.5 Å². The monoisotopic (exact) mass is 332 g/mol. The quantitative estimate of drug-likeness (QED) is 0.210. The second kappa shape index (κ2) is 12.7. The van der Waals surface area contributed by atoms with Crippen LogP contribution in [-0.2, 0) is 11.3 Å². The Morgan fingerprint density at radius 1 is 1.00 bits per heavy atom. The van der Waals surface area contributed by atoms with Crippen LogP contribution in [0.15, 0.2) is 36.5 Å². The maximum atomic E-state index is 11.7. The van der Waals surface area contributed by atoms with Gasteiger partial charge in [-0.05, 0) is 19.4 Å². The van der Waals surface area contributed by atoms with Crippen molar-refractivity contribution >= 4 is 5.97 Å².